The van der Waals surface area contributed by atoms with Crippen LogP contribution in [0.15, 0.2) is 39.5 Å². The third kappa shape index (κ3) is 5.57. The molecule has 15 nitrogen and oxygen atoms in total. The minimum atomic E-state index is -1.79. The summed E-state index contributed by atoms with van der Waals surface area (Å²) in [5, 5.41) is 81.8. The molecule has 43 heavy (non-hydrogen) atoms. The summed E-state index contributed by atoms with van der Waals surface area (Å²) in [5.41, 5.74) is -1.02. The van der Waals surface area contributed by atoms with Crippen molar-refractivity contribution in [1.82, 2.24) is 0 Å². The number of methoxy groups -OCH3 is 1. The van der Waals surface area contributed by atoms with Crippen molar-refractivity contribution in [2.75, 3.05) is 7.11 Å². The number of aliphatic hydroxyl groups is 6. The number of fused-ring (bicyclic) bond motifs is 1. The molecular formula is C28H32O15. The van der Waals surface area contributed by atoms with Crippen molar-refractivity contribution in [3.05, 3.63) is 40.6 Å². The van der Waals surface area contributed by atoms with E-state index in [1.807, 2.05) is 0 Å². The normalized spacial score (nSPS) is 32.9. The van der Waals surface area contributed by atoms with Gasteiger partial charge in [0.05, 0.1) is 19.3 Å². The van der Waals surface area contributed by atoms with Crippen molar-refractivity contribution in [1.29, 1.82) is 0 Å². The van der Waals surface area contributed by atoms with Crippen LogP contribution in [0.3, 0.4) is 0 Å². The Morgan fingerprint density at radius 2 is 1.30 bits per heavy atom. The van der Waals surface area contributed by atoms with E-state index in [-0.39, 0.29) is 39.5 Å². The summed E-state index contributed by atoms with van der Waals surface area (Å²) in [6, 6.07) is 6.18. The maximum Gasteiger partial charge on any atom is 0.239 e. The average Bonchev–Trinajstić information content (AvgIpc) is 2.97. The lowest BCUT2D eigenvalue weighted by Crippen LogP contribution is -2.58. The van der Waals surface area contributed by atoms with Gasteiger partial charge in [0.2, 0.25) is 23.8 Å². The Labute approximate surface area is 243 Å². The van der Waals surface area contributed by atoms with E-state index in [0.717, 1.165) is 6.07 Å². The molecule has 0 bridgehead atoms. The zero-order chi connectivity index (χ0) is 31.3. The Morgan fingerprint density at radius 3 is 1.88 bits per heavy atom. The SMILES string of the molecule is COc1cc(-c2oc3cc(O[C@H]4O[C@H](C)[C@@H](O)[C@H](O)[C@@H]4O)cc(O)c3c(=O)c2O[C@H]2O[C@H](C)[C@@H](O)[C@H](O)[C@@H]2O)ccc1O. The summed E-state index contributed by atoms with van der Waals surface area (Å²) in [6.45, 7) is 2.88. The molecule has 10 atom stereocenters. The van der Waals surface area contributed by atoms with Crippen molar-refractivity contribution < 1.29 is 69.0 Å². The van der Waals surface area contributed by atoms with Crippen molar-refractivity contribution >= 4 is 11.0 Å². The Morgan fingerprint density at radius 1 is 0.721 bits per heavy atom. The van der Waals surface area contributed by atoms with Gasteiger partial charge in [0.25, 0.3) is 0 Å². The van der Waals surface area contributed by atoms with Gasteiger partial charge in [0.1, 0.15) is 59.1 Å². The molecule has 3 aromatic rings. The van der Waals surface area contributed by atoms with E-state index in [1.54, 1.807) is 0 Å². The zero-order valence-electron chi connectivity index (χ0n) is 23.1. The van der Waals surface area contributed by atoms with Crippen molar-refractivity contribution in [3.63, 3.8) is 0 Å². The van der Waals surface area contributed by atoms with E-state index in [0.29, 0.717) is 0 Å². The molecule has 2 aromatic carbocycles. The molecule has 0 radical (unpaired) electrons. The minimum absolute atomic E-state index is 0.00513. The standard InChI is InChI=1S/C28H32O15/c1-9-18(31)21(34)23(36)27(39-9)41-12-7-14(30)17-16(8-12)42-25(11-4-5-13(29)15(6-11)38-3)26(20(17)33)43-28-24(37)22(35)19(32)10(2)40-28/h4-10,18-19,21-24,27-32,34-37H,1-3H3/t9-,10-,18-,19-,21+,22+,23+,24+,27-,28-/m1/s1. The van der Waals surface area contributed by atoms with Crippen molar-refractivity contribution in [3.8, 4) is 40.1 Å². The molecule has 0 spiro atoms. The van der Waals surface area contributed by atoms with Crippen LogP contribution in [0.4, 0.5) is 0 Å². The number of aromatic hydroxyl groups is 2. The van der Waals surface area contributed by atoms with Gasteiger partial charge < -0.3 is 69.0 Å². The molecular weight excluding hydrogens is 576 g/mol. The summed E-state index contributed by atoms with van der Waals surface area (Å²) in [7, 11) is 1.30. The molecule has 0 aliphatic carbocycles. The Balaban J connectivity index is 1.62. The van der Waals surface area contributed by atoms with E-state index in [4.69, 9.17) is 28.1 Å². The van der Waals surface area contributed by atoms with E-state index >= 15 is 0 Å². The maximum absolute atomic E-state index is 13.8. The second kappa shape index (κ2) is 11.8. The number of rotatable bonds is 6. The van der Waals surface area contributed by atoms with Gasteiger partial charge in [-0.25, -0.2) is 0 Å². The molecule has 3 heterocycles. The average molecular weight is 609 g/mol. The van der Waals surface area contributed by atoms with E-state index in [9.17, 15) is 45.6 Å². The summed E-state index contributed by atoms with van der Waals surface area (Å²) >= 11 is 0. The van der Waals surface area contributed by atoms with E-state index in [2.05, 4.69) is 0 Å². The van der Waals surface area contributed by atoms with Gasteiger partial charge in [-0.05, 0) is 32.0 Å². The number of hydrogen-bond acceptors (Lipinski definition) is 15. The highest BCUT2D eigenvalue weighted by atomic mass is 16.7. The number of benzene rings is 2. The topological polar surface area (TPSA) is 238 Å². The van der Waals surface area contributed by atoms with Crippen LogP contribution in [0.2, 0.25) is 0 Å². The third-order valence-electron chi connectivity index (χ3n) is 7.45. The quantitative estimate of drug-likeness (QED) is 0.173. The van der Waals surface area contributed by atoms with Gasteiger partial charge in [-0.15, -0.1) is 0 Å². The van der Waals surface area contributed by atoms with Crippen LogP contribution in [-0.4, -0.2) is 109 Å². The molecule has 1 aromatic heterocycles. The second-order valence-electron chi connectivity index (χ2n) is 10.4. The van der Waals surface area contributed by atoms with Gasteiger partial charge in [-0.2, -0.15) is 0 Å². The maximum atomic E-state index is 13.8. The van der Waals surface area contributed by atoms with Gasteiger partial charge >= 0.3 is 0 Å². The molecule has 15 heteroatoms. The molecule has 234 valence electrons. The highest BCUT2D eigenvalue weighted by Gasteiger charge is 2.45. The van der Waals surface area contributed by atoms with Crippen LogP contribution in [0.25, 0.3) is 22.3 Å². The number of phenolic OH excluding ortho intramolecular Hbond substituents is 2. The summed E-state index contributed by atoms with van der Waals surface area (Å²) < 4.78 is 33.5. The first-order valence-corrected chi connectivity index (χ1v) is 13.3. The molecule has 2 saturated heterocycles. The summed E-state index contributed by atoms with van der Waals surface area (Å²) in [5.74, 6) is -1.83. The van der Waals surface area contributed by atoms with Gasteiger partial charge in [-0.1, -0.05) is 0 Å². The van der Waals surface area contributed by atoms with Crippen LogP contribution in [-0.2, 0) is 9.47 Å². The molecule has 0 amide bonds. The first-order chi connectivity index (χ1) is 20.3. The lowest BCUT2D eigenvalue weighted by Gasteiger charge is -2.39. The summed E-state index contributed by atoms with van der Waals surface area (Å²) in [6.07, 6.45) is -14.5. The van der Waals surface area contributed by atoms with Crippen LogP contribution in [0.1, 0.15) is 13.8 Å². The van der Waals surface area contributed by atoms with Gasteiger partial charge in [-0.3, -0.25) is 4.79 Å². The number of phenols is 2. The predicted molar refractivity (Wildman–Crippen MR) is 144 cm³/mol. The lowest BCUT2D eigenvalue weighted by atomic mass is 10.00. The van der Waals surface area contributed by atoms with Gasteiger partial charge in [0, 0.05) is 17.7 Å². The fourth-order valence-electron chi connectivity index (χ4n) is 4.91. The highest BCUT2D eigenvalue weighted by Crippen LogP contribution is 2.40. The van der Waals surface area contributed by atoms with E-state index in [1.165, 1.54) is 45.2 Å². The molecule has 2 fully saturated rings. The van der Waals surface area contributed by atoms with Crippen LogP contribution in [0.5, 0.6) is 28.7 Å². The Kier molecular flexibility index (Phi) is 8.43. The third-order valence-corrected chi connectivity index (χ3v) is 7.45. The molecule has 2 aliphatic heterocycles. The Hall–Kier alpha value is -3.67. The molecule has 0 saturated carbocycles. The van der Waals surface area contributed by atoms with Crippen molar-refractivity contribution in [2.24, 2.45) is 0 Å². The first kappa shape index (κ1) is 30.8. The number of ether oxygens (including phenoxy) is 5. The second-order valence-corrected chi connectivity index (χ2v) is 10.4. The smallest absolute Gasteiger partial charge is 0.239 e. The minimum Gasteiger partial charge on any atom is -0.507 e. The highest BCUT2D eigenvalue weighted by molar-refractivity contribution is 5.88. The largest absolute Gasteiger partial charge is 0.507 e. The predicted octanol–water partition coefficient (Wildman–Crippen LogP) is -0.708. The lowest BCUT2D eigenvalue weighted by molar-refractivity contribution is -0.268. The van der Waals surface area contributed by atoms with Crippen LogP contribution in [0, 0.1) is 0 Å². The number of aliphatic hydroxyl groups excluding tert-OH is 6. The zero-order valence-corrected chi connectivity index (χ0v) is 23.1. The number of hydrogen-bond donors (Lipinski definition) is 8. The first-order valence-electron chi connectivity index (χ1n) is 13.3. The summed E-state index contributed by atoms with van der Waals surface area (Å²) in [4.78, 5) is 13.8. The molecule has 0 unspecified atom stereocenters. The fourth-order valence-corrected chi connectivity index (χ4v) is 4.91. The van der Waals surface area contributed by atoms with Crippen LogP contribution < -0.4 is 19.6 Å². The molecule has 8 N–H and O–H groups in total. The monoisotopic (exact) mass is 608 g/mol. The molecule has 5 rings (SSSR count). The molecule has 2 aliphatic rings. The Bertz CT molecular complexity index is 1540. The van der Waals surface area contributed by atoms with Gasteiger partial charge in [0.15, 0.2) is 17.3 Å². The van der Waals surface area contributed by atoms with Crippen molar-refractivity contribution in [2.45, 2.75) is 75.3 Å². The fraction of sp³-hybridized carbons (Fsp3) is 0.464. The van der Waals surface area contributed by atoms with E-state index < -0.39 is 78.3 Å². The van der Waals surface area contributed by atoms with Crippen LogP contribution >= 0.6 is 0 Å².